The average Bonchev–Trinajstić information content (AvgIpc) is 2.92. The summed E-state index contributed by atoms with van der Waals surface area (Å²) in [7, 11) is -1.77. The van der Waals surface area contributed by atoms with E-state index in [0.717, 1.165) is 5.56 Å². The van der Waals surface area contributed by atoms with Crippen molar-refractivity contribution in [1.82, 2.24) is 20.2 Å². The summed E-state index contributed by atoms with van der Waals surface area (Å²) in [6.45, 7) is 0.706. The summed E-state index contributed by atoms with van der Waals surface area (Å²) in [4.78, 5) is 4.11. The highest BCUT2D eigenvalue weighted by Crippen LogP contribution is 2.14. The molecule has 0 saturated heterocycles. The molecular weight excluding hydrogens is 280 g/mol. The summed E-state index contributed by atoms with van der Waals surface area (Å²) >= 11 is 0. The highest BCUT2D eigenvalue weighted by atomic mass is 32.2. The maximum absolute atomic E-state index is 12.3. The lowest BCUT2D eigenvalue weighted by molar-refractivity contribution is 0.410. The van der Waals surface area contributed by atoms with Crippen LogP contribution in [0.1, 0.15) is 11.4 Å². The topological polar surface area (TPSA) is 97.1 Å². The van der Waals surface area contributed by atoms with E-state index >= 15 is 0 Å². The normalized spacial score (nSPS) is 11.7. The van der Waals surface area contributed by atoms with Crippen LogP contribution in [-0.4, -0.2) is 32.2 Å². The third-order valence-electron chi connectivity index (χ3n) is 2.68. The molecule has 0 radical (unpaired) electrons. The Bertz CT molecular complexity index is 640. The molecule has 0 bridgehead atoms. The van der Waals surface area contributed by atoms with Crippen molar-refractivity contribution in [2.75, 3.05) is 13.6 Å². The molecule has 0 saturated carbocycles. The Balaban J connectivity index is 2.06. The summed E-state index contributed by atoms with van der Waals surface area (Å²) in [6, 6.07) is 6.88. The van der Waals surface area contributed by atoms with Gasteiger partial charge >= 0.3 is 0 Å². The van der Waals surface area contributed by atoms with E-state index < -0.39 is 10.0 Å². The average molecular weight is 296 g/mol. The van der Waals surface area contributed by atoms with Gasteiger partial charge in [0.15, 0.2) is 5.82 Å². The van der Waals surface area contributed by atoms with Gasteiger partial charge in [0.05, 0.1) is 4.90 Å². The zero-order valence-corrected chi connectivity index (χ0v) is 11.9. The van der Waals surface area contributed by atoms with Crippen LogP contribution in [0, 0.1) is 0 Å². The fourth-order valence-corrected chi connectivity index (χ4v) is 3.05. The van der Waals surface area contributed by atoms with Crippen molar-refractivity contribution in [3.8, 4) is 0 Å². The zero-order valence-electron chi connectivity index (χ0n) is 11.0. The van der Waals surface area contributed by atoms with Crippen LogP contribution in [0.4, 0.5) is 0 Å². The van der Waals surface area contributed by atoms with Gasteiger partial charge < -0.3 is 9.84 Å². The van der Waals surface area contributed by atoms with E-state index in [2.05, 4.69) is 24.7 Å². The van der Waals surface area contributed by atoms with Crippen molar-refractivity contribution in [1.29, 1.82) is 0 Å². The lowest BCUT2D eigenvalue weighted by atomic mass is 10.2. The molecule has 20 heavy (non-hydrogen) atoms. The molecule has 1 heterocycles. The molecule has 2 rings (SSSR count). The standard InChI is InChI=1S/C12H16N4O3S/c1-13-8-10-4-2-3-5-11(10)20(17,18)15-7-6-12-14-9-19-16-12/h2-5,9,13,15H,6-8H2,1H3. The van der Waals surface area contributed by atoms with Gasteiger partial charge in [-0.05, 0) is 18.7 Å². The second-order valence-electron chi connectivity index (χ2n) is 4.13. The van der Waals surface area contributed by atoms with E-state index in [-0.39, 0.29) is 11.4 Å². The van der Waals surface area contributed by atoms with E-state index in [1.54, 1.807) is 25.2 Å². The lowest BCUT2D eigenvalue weighted by Gasteiger charge is -2.10. The SMILES string of the molecule is CNCc1ccccc1S(=O)(=O)NCCc1ncon1. The number of hydrogen-bond donors (Lipinski definition) is 2. The van der Waals surface area contributed by atoms with Crippen LogP contribution in [0.3, 0.4) is 0 Å². The molecule has 2 N–H and O–H groups in total. The molecule has 0 aliphatic rings. The van der Waals surface area contributed by atoms with Crippen molar-refractivity contribution in [3.05, 3.63) is 42.0 Å². The molecule has 108 valence electrons. The highest BCUT2D eigenvalue weighted by molar-refractivity contribution is 7.89. The molecule has 0 aliphatic heterocycles. The minimum atomic E-state index is -3.54. The summed E-state index contributed by atoms with van der Waals surface area (Å²) in [5, 5.41) is 6.57. The van der Waals surface area contributed by atoms with Crippen molar-refractivity contribution in [2.45, 2.75) is 17.9 Å². The first-order chi connectivity index (χ1) is 9.63. The van der Waals surface area contributed by atoms with Crippen LogP contribution in [0.25, 0.3) is 0 Å². The van der Waals surface area contributed by atoms with Gasteiger partial charge in [0, 0.05) is 19.5 Å². The summed E-state index contributed by atoms with van der Waals surface area (Å²) in [5.41, 5.74) is 0.724. The zero-order chi connectivity index (χ0) is 14.4. The summed E-state index contributed by atoms with van der Waals surface area (Å²) in [5.74, 6) is 0.469. The summed E-state index contributed by atoms with van der Waals surface area (Å²) in [6.07, 6.45) is 1.59. The van der Waals surface area contributed by atoms with Crippen LogP contribution in [0.2, 0.25) is 0 Å². The quantitative estimate of drug-likeness (QED) is 0.763. The van der Waals surface area contributed by atoms with Crippen LogP contribution in [0.5, 0.6) is 0 Å². The molecule has 0 spiro atoms. The Hall–Kier alpha value is -1.77. The minimum Gasteiger partial charge on any atom is -0.343 e. The van der Waals surface area contributed by atoms with Gasteiger partial charge in [-0.25, -0.2) is 13.1 Å². The van der Waals surface area contributed by atoms with Crippen LogP contribution in [0.15, 0.2) is 40.1 Å². The van der Waals surface area contributed by atoms with Gasteiger partial charge in [-0.15, -0.1) is 0 Å². The predicted octanol–water partition coefficient (Wildman–Crippen LogP) is 0.310. The van der Waals surface area contributed by atoms with Gasteiger partial charge in [-0.2, -0.15) is 4.98 Å². The van der Waals surface area contributed by atoms with Gasteiger partial charge in [0.2, 0.25) is 16.4 Å². The molecule has 1 aromatic carbocycles. The molecule has 2 aromatic rings. The van der Waals surface area contributed by atoms with Crippen molar-refractivity contribution in [3.63, 3.8) is 0 Å². The first kappa shape index (κ1) is 14.6. The molecule has 0 unspecified atom stereocenters. The Morgan fingerprint density at radius 1 is 1.30 bits per heavy atom. The minimum absolute atomic E-state index is 0.218. The molecule has 8 heteroatoms. The monoisotopic (exact) mass is 296 g/mol. The van der Waals surface area contributed by atoms with Crippen LogP contribution >= 0.6 is 0 Å². The molecule has 1 aromatic heterocycles. The molecule has 0 fully saturated rings. The molecule has 7 nitrogen and oxygen atoms in total. The third-order valence-corrected chi connectivity index (χ3v) is 4.24. The Morgan fingerprint density at radius 2 is 2.10 bits per heavy atom. The van der Waals surface area contributed by atoms with Crippen molar-refractivity contribution >= 4 is 10.0 Å². The smallest absolute Gasteiger partial charge is 0.240 e. The van der Waals surface area contributed by atoms with Crippen LogP contribution in [-0.2, 0) is 23.0 Å². The molecule has 0 amide bonds. The Kier molecular flexibility index (Phi) is 4.83. The number of sulfonamides is 1. The summed E-state index contributed by atoms with van der Waals surface area (Å²) < 4.78 is 31.6. The second-order valence-corrected chi connectivity index (χ2v) is 5.87. The van der Waals surface area contributed by atoms with E-state index in [1.165, 1.54) is 6.39 Å². The molecule has 0 atom stereocenters. The van der Waals surface area contributed by atoms with Gasteiger partial charge in [-0.1, -0.05) is 23.4 Å². The van der Waals surface area contributed by atoms with Gasteiger partial charge in [-0.3, -0.25) is 0 Å². The van der Waals surface area contributed by atoms with Crippen molar-refractivity contribution in [2.24, 2.45) is 0 Å². The maximum atomic E-state index is 12.3. The largest absolute Gasteiger partial charge is 0.343 e. The number of aromatic nitrogens is 2. The maximum Gasteiger partial charge on any atom is 0.240 e. The molecule has 0 aliphatic carbocycles. The van der Waals surface area contributed by atoms with E-state index in [1.807, 2.05) is 6.07 Å². The fraction of sp³-hybridized carbons (Fsp3) is 0.333. The third kappa shape index (κ3) is 3.62. The second kappa shape index (κ2) is 6.60. The Labute approximate surface area is 117 Å². The van der Waals surface area contributed by atoms with E-state index in [4.69, 9.17) is 0 Å². The number of rotatable bonds is 7. The highest BCUT2D eigenvalue weighted by Gasteiger charge is 2.17. The van der Waals surface area contributed by atoms with Crippen molar-refractivity contribution < 1.29 is 12.9 Å². The van der Waals surface area contributed by atoms with Gasteiger partial charge in [0.1, 0.15) is 0 Å². The number of nitrogens with zero attached hydrogens (tertiary/aromatic N) is 2. The fourth-order valence-electron chi connectivity index (χ4n) is 1.78. The number of hydrogen-bond acceptors (Lipinski definition) is 6. The lowest BCUT2D eigenvalue weighted by Crippen LogP contribution is -2.27. The van der Waals surface area contributed by atoms with E-state index in [9.17, 15) is 8.42 Å². The van der Waals surface area contributed by atoms with Crippen LogP contribution < -0.4 is 10.0 Å². The molecular formula is C12H16N4O3S. The first-order valence-corrected chi connectivity index (χ1v) is 7.59. The van der Waals surface area contributed by atoms with Gasteiger partial charge in [0.25, 0.3) is 0 Å². The number of benzene rings is 1. The Morgan fingerprint density at radius 3 is 2.80 bits per heavy atom. The number of nitrogens with one attached hydrogen (secondary N) is 2. The predicted molar refractivity (Wildman–Crippen MR) is 72.4 cm³/mol. The first-order valence-electron chi connectivity index (χ1n) is 6.11. The van der Waals surface area contributed by atoms with E-state index in [0.29, 0.717) is 18.8 Å².